The maximum atomic E-state index is 8.92. The van der Waals surface area contributed by atoms with Crippen molar-refractivity contribution in [2.45, 2.75) is 6.61 Å². The van der Waals surface area contributed by atoms with Crippen LogP contribution < -0.4 is 4.90 Å². The molecule has 2 N–H and O–H groups in total. The van der Waals surface area contributed by atoms with Gasteiger partial charge in [0.15, 0.2) is 0 Å². The summed E-state index contributed by atoms with van der Waals surface area (Å²) in [5, 5.41) is 17.8. The number of anilines is 1. The average Bonchev–Trinajstić information content (AvgIpc) is 2.35. The summed E-state index contributed by atoms with van der Waals surface area (Å²) >= 11 is 0. The second-order valence-electron chi connectivity index (χ2n) is 3.25. The van der Waals surface area contributed by atoms with Crippen LogP contribution in [-0.4, -0.2) is 53.6 Å². The number of aliphatic hydroxyl groups excluding tert-OH is 2. The average molecular weight is 227 g/mol. The first-order chi connectivity index (χ1) is 7.81. The number of hydrogen-bond donors (Lipinski definition) is 2. The molecule has 0 aliphatic carbocycles. The third-order valence-electron chi connectivity index (χ3n) is 2.09. The molecule has 0 aliphatic heterocycles. The summed E-state index contributed by atoms with van der Waals surface area (Å²) in [6, 6.07) is 0. The third-order valence-corrected chi connectivity index (χ3v) is 2.09. The van der Waals surface area contributed by atoms with Crippen LogP contribution in [0.3, 0.4) is 0 Å². The molecule has 0 atom stereocenters. The first-order valence-corrected chi connectivity index (χ1v) is 5.08. The fourth-order valence-corrected chi connectivity index (χ4v) is 1.23. The Labute approximate surface area is 94.5 Å². The summed E-state index contributed by atoms with van der Waals surface area (Å²) in [5.41, 5.74) is 0.666. The van der Waals surface area contributed by atoms with E-state index < -0.39 is 0 Å². The molecule has 0 saturated heterocycles. The number of aliphatic hydroxyl groups is 2. The Morgan fingerprint density at radius 3 is 2.44 bits per heavy atom. The lowest BCUT2D eigenvalue weighted by atomic mass is 10.4. The summed E-state index contributed by atoms with van der Waals surface area (Å²) < 4.78 is 4.97. The van der Waals surface area contributed by atoms with Gasteiger partial charge in [-0.2, -0.15) is 0 Å². The number of aromatic nitrogens is 2. The predicted molar refractivity (Wildman–Crippen MR) is 59.1 cm³/mol. The van der Waals surface area contributed by atoms with Gasteiger partial charge >= 0.3 is 0 Å². The van der Waals surface area contributed by atoms with Crippen LogP contribution in [0.1, 0.15) is 5.56 Å². The van der Waals surface area contributed by atoms with Gasteiger partial charge in [0, 0.05) is 38.2 Å². The molecular weight excluding hydrogens is 210 g/mol. The molecule has 0 saturated carbocycles. The molecule has 1 aromatic rings. The lowest BCUT2D eigenvalue weighted by Gasteiger charge is -2.20. The zero-order chi connectivity index (χ0) is 11.8. The second kappa shape index (κ2) is 7.10. The minimum atomic E-state index is -0.0711. The zero-order valence-corrected chi connectivity index (χ0v) is 9.33. The van der Waals surface area contributed by atoms with Gasteiger partial charge in [0.05, 0.1) is 19.8 Å². The van der Waals surface area contributed by atoms with Gasteiger partial charge in [-0.1, -0.05) is 0 Å². The SMILES string of the molecule is COCCN(CCO)c1ncc(CO)cn1. The van der Waals surface area contributed by atoms with Gasteiger partial charge in [0.1, 0.15) is 0 Å². The lowest BCUT2D eigenvalue weighted by molar-refractivity contribution is 0.202. The van der Waals surface area contributed by atoms with Crippen molar-refractivity contribution >= 4 is 5.95 Å². The molecule has 0 bridgehead atoms. The number of rotatable bonds is 7. The van der Waals surface area contributed by atoms with Crippen molar-refractivity contribution in [3.8, 4) is 0 Å². The van der Waals surface area contributed by atoms with E-state index in [1.165, 1.54) is 0 Å². The van der Waals surface area contributed by atoms with Crippen molar-refractivity contribution in [3.63, 3.8) is 0 Å². The maximum absolute atomic E-state index is 8.92. The molecule has 90 valence electrons. The normalized spacial score (nSPS) is 10.4. The summed E-state index contributed by atoms with van der Waals surface area (Å²) in [6.45, 7) is 1.59. The van der Waals surface area contributed by atoms with Gasteiger partial charge in [0.2, 0.25) is 5.95 Å². The van der Waals surface area contributed by atoms with Crippen LogP contribution in [0.15, 0.2) is 12.4 Å². The van der Waals surface area contributed by atoms with Crippen molar-refractivity contribution in [1.29, 1.82) is 0 Å². The van der Waals surface area contributed by atoms with Crippen molar-refractivity contribution in [1.82, 2.24) is 9.97 Å². The van der Waals surface area contributed by atoms with Crippen molar-refractivity contribution in [2.75, 3.05) is 38.3 Å². The molecule has 1 heterocycles. The molecular formula is C10H17N3O3. The van der Waals surface area contributed by atoms with E-state index in [-0.39, 0.29) is 13.2 Å². The fourth-order valence-electron chi connectivity index (χ4n) is 1.23. The van der Waals surface area contributed by atoms with Crippen LogP contribution in [0, 0.1) is 0 Å². The topological polar surface area (TPSA) is 78.7 Å². The van der Waals surface area contributed by atoms with E-state index in [0.29, 0.717) is 31.2 Å². The second-order valence-corrected chi connectivity index (χ2v) is 3.25. The van der Waals surface area contributed by atoms with Crippen molar-refractivity contribution < 1.29 is 14.9 Å². The molecule has 0 amide bonds. The maximum Gasteiger partial charge on any atom is 0.225 e. The predicted octanol–water partition coefficient (Wildman–Crippen LogP) is -0.586. The lowest BCUT2D eigenvalue weighted by Crippen LogP contribution is -2.31. The molecule has 1 aromatic heterocycles. The Kier molecular flexibility index (Phi) is 5.69. The highest BCUT2D eigenvalue weighted by atomic mass is 16.5. The summed E-state index contributed by atoms with van der Waals surface area (Å²) in [6.07, 6.45) is 3.14. The standard InChI is InChI=1S/C10H17N3O3/c1-16-5-3-13(2-4-14)10-11-6-9(8-15)7-12-10/h6-7,14-15H,2-5,8H2,1H3. The monoisotopic (exact) mass is 227 g/mol. The molecule has 0 radical (unpaired) electrons. The van der Waals surface area contributed by atoms with Gasteiger partial charge in [-0.3, -0.25) is 0 Å². The molecule has 0 fully saturated rings. The Hall–Kier alpha value is -1.24. The van der Waals surface area contributed by atoms with E-state index in [2.05, 4.69) is 9.97 Å². The first-order valence-electron chi connectivity index (χ1n) is 5.08. The first kappa shape index (κ1) is 12.8. The third kappa shape index (κ3) is 3.73. The molecule has 1 rings (SSSR count). The Bertz CT molecular complexity index is 292. The van der Waals surface area contributed by atoms with Crippen molar-refractivity contribution in [2.24, 2.45) is 0 Å². The molecule has 6 nitrogen and oxygen atoms in total. The summed E-state index contributed by atoms with van der Waals surface area (Å²) in [5.74, 6) is 0.531. The highest BCUT2D eigenvalue weighted by Gasteiger charge is 2.08. The van der Waals surface area contributed by atoms with Gasteiger partial charge in [0.25, 0.3) is 0 Å². The zero-order valence-electron chi connectivity index (χ0n) is 9.33. The molecule has 0 unspecified atom stereocenters. The van der Waals surface area contributed by atoms with Crippen LogP contribution in [0.25, 0.3) is 0 Å². The quantitative estimate of drug-likeness (QED) is 0.648. The van der Waals surface area contributed by atoms with E-state index in [4.69, 9.17) is 14.9 Å². The molecule has 0 spiro atoms. The van der Waals surface area contributed by atoms with Crippen LogP contribution >= 0.6 is 0 Å². The highest BCUT2D eigenvalue weighted by Crippen LogP contribution is 2.06. The molecule has 0 aliphatic rings. The van der Waals surface area contributed by atoms with Gasteiger partial charge in [-0.05, 0) is 0 Å². The molecule has 0 aromatic carbocycles. The smallest absolute Gasteiger partial charge is 0.225 e. The van der Waals surface area contributed by atoms with E-state index in [1.807, 2.05) is 4.90 Å². The fraction of sp³-hybridized carbons (Fsp3) is 0.600. The van der Waals surface area contributed by atoms with E-state index in [9.17, 15) is 0 Å². The number of hydrogen-bond acceptors (Lipinski definition) is 6. The van der Waals surface area contributed by atoms with E-state index in [1.54, 1.807) is 19.5 Å². The van der Waals surface area contributed by atoms with Gasteiger partial charge < -0.3 is 19.8 Å². The molecule has 16 heavy (non-hydrogen) atoms. The number of ether oxygens (including phenoxy) is 1. The minimum Gasteiger partial charge on any atom is -0.395 e. The van der Waals surface area contributed by atoms with Gasteiger partial charge in [-0.25, -0.2) is 9.97 Å². The Morgan fingerprint density at radius 2 is 1.94 bits per heavy atom. The summed E-state index contributed by atoms with van der Waals surface area (Å²) in [7, 11) is 1.62. The van der Waals surface area contributed by atoms with Gasteiger partial charge in [-0.15, -0.1) is 0 Å². The molecule has 6 heteroatoms. The van der Waals surface area contributed by atoms with E-state index in [0.717, 1.165) is 0 Å². The Balaban J connectivity index is 2.67. The van der Waals surface area contributed by atoms with Crippen molar-refractivity contribution in [3.05, 3.63) is 18.0 Å². The minimum absolute atomic E-state index is 0.0365. The van der Waals surface area contributed by atoms with Crippen LogP contribution in [0.2, 0.25) is 0 Å². The van der Waals surface area contributed by atoms with E-state index >= 15 is 0 Å². The Morgan fingerprint density at radius 1 is 1.25 bits per heavy atom. The largest absolute Gasteiger partial charge is 0.395 e. The number of methoxy groups -OCH3 is 1. The number of nitrogens with zero attached hydrogens (tertiary/aromatic N) is 3. The summed E-state index contributed by atoms with van der Waals surface area (Å²) in [4.78, 5) is 10.0. The van der Waals surface area contributed by atoms with Crippen LogP contribution in [-0.2, 0) is 11.3 Å². The van der Waals surface area contributed by atoms with Crippen LogP contribution in [0.4, 0.5) is 5.95 Å². The highest BCUT2D eigenvalue weighted by molar-refractivity contribution is 5.29. The van der Waals surface area contributed by atoms with Crippen LogP contribution in [0.5, 0.6) is 0 Å².